The van der Waals surface area contributed by atoms with Gasteiger partial charge in [-0.3, -0.25) is 19.3 Å². The van der Waals surface area contributed by atoms with Crippen LogP contribution in [0.2, 0.25) is 0 Å². The highest BCUT2D eigenvalue weighted by Crippen LogP contribution is 2.31. The highest BCUT2D eigenvalue weighted by atomic mass is 19.4. The molecule has 2 aliphatic heterocycles. The summed E-state index contributed by atoms with van der Waals surface area (Å²) < 4.78 is 42.5. The van der Waals surface area contributed by atoms with Crippen molar-refractivity contribution in [3.8, 4) is 0 Å². The minimum Gasteiger partial charge on any atom is -0.325 e. The normalized spacial score (nSPS) is 18.3. The van der Waals surface area contributed by atoms with Gasteiger partial charge in [-0.05, 0) is 18.9 Å². The Kier molecular flexibility index (Phi) is 7.77. The SMILES string of the molecule is CN=Cc1cn(C2CCN(C(=O)N[C@@H]3N=C(c4ccccc4)c4ccccc4N(CC(F)(F)F)C3=O)CC2)c(=O)[nH]1. The van der Waals surface area contributed by atoms with Crippen LogP contribution >= 0.6 is 0 Å². The summed E-state index contributed by atoms with van der Waals surface area (Å²) in [6.07, 6.45) is -2.13. The lowest BCUT2D eigenvalue weighted by Crippen LogP contribution is -2.54. The molecule has 3 amide bonds. The number of alkyl halides is 3. The van der Waals surface area contributed by atoms with Gasteiger partial charge in [0.15, 0.2) is 0 Å². The Labute approximate surface area is 233 Å². The molecule has 0 spiro atoms. The number of aromatic amines is 1. The van der Waals surface area contributed by atoms with Crippen molar-refractivity contribution in [2.75, 3.05) is 31.6 Å². The van der Waals surface area contributed by atoms with Crippen molar-refractivity contribution < 1.29 is 22.8 Å². The fourth-order valence-corrected chi connectivity index (χ4v) is 5.15. The number of anilines is 1. The van der Waals surface area contributed by atoms with Gasteiger partial charge in [0.1, 0.15) is 6.54 Å². The van der Waals surface area contributed by atoms with E-state index in [1.165, 1.54) is 17.2 Å². The number of H-pyrrole nitrogens is 1. The largest absolute Gasteiger partial charge is 0.406 e. The number of carbonyl (C=O) groups is 2. The number of amides is 3. The van der Waals surface area contributed by atoms with Crippen molar-refractivity contribution in [1.82, 2.24) is 19.8 Å². The van der Waals surface area contributed by atoms with Crippen LogP contribution in [-0.4, -0.2) is 77.3 Å². The molecule has 0 unspecified atom stereocenters. The number of hydrogen-bond acceptors (Lipinski definition) is 5. The molecule has 1 saturated heterocycles. The number of benzene rings is 2. The Balaban J connectivity index is 1.40. The third kappa shape index (κ3) is 6.08. The summed E-state index contributed by atoms with van der Waals surface area (Å²) in [6, 6.07) is 14.2. The number of nitrogens with one attached hydrogen (secondary N) is 2. The second-order valence-corrected chi connectivity index (χ2v) is 9.78. The Morgan fingerprint density at radius 3 is 2.46 bits per heavy atom. The number of aromatic nitrogens is 2. The number of nitrogens with zero attached hydrogens (tertiary/aromatic N) is 5. The number of urea groups is 1. The van der Waals surface area contributed by atoms with Gasteiger partial charge in [-0.1, -0.05) is 48.5 Å². The van der Waals surface area contributed by atoms with Gasteiger partial charge < -0.3 is 15.2 Å². The molecule has 0 bridgehead atoms. The summed E-state index contributed by atoms with van der Waals surface area (Å²) in [7, 11) is 1.60. The second-order valence-electron chi connectivity index (χ2n) is 9.78. The van der Waals surface area contributed by atoms with Crippen molar-refractivity contribution in [1.29, 1.82) is 0 Å². The molecule has 2 aromatic carbocycles. The molecule has 13 heteroatoms. The van der Waals surface area contributed by atoms with Crippen LogP contribution in [-0.2, 0) is 4.79 Å². The number of aliphatic imine (C=N–C) groups is 2. The lowest BCUT2D eigenvalue weighted by atomic mass is 10.0. The molecule has 41 heavy (non-hydrogen) atoms. The van der Waals surface area contributed by atoms with Crippen molar-refractivity contribution in [2.24, 2.45) is 9.98 Å². The number of imidazole rings is 1. The Bertz CT molecular complexity index is 1540. The number of likely N-dealkylation sites (tertiary alicyclic amines) is 1. The topological polar surface area (TPSA) is 115 Å². The van der Waals surface area contributed by atoms with Crippen LogP contribution in [0.25, 0.3) is 0 Å². The summed E-state index contributed by atoms with van der Waals surface area (Å²) >= 11 is 0. The van der Waals surface area contributed by atoms with E-state index in [1.54, 1.807) is 66.3 Å². The van der Waals surface area contributed by atoms with Crippen molar-refractivity contribution in [2.45, 2.75) is 31.2 Å². The molecule has 1 atom stereocenters. The Hall–Kier alpha value is -4.68. The van der Waals surface area contributed by atoms with Gasteiger partial charge in [-0.25, -0.2) is 14.6 Å². The monoisotopic (exact) mass is 567 g/mol. The van der Waals surface area contributed by atoms with Crippen LogP contribution in [0.1, 0.15) is 35.7 Å². The lowest BCUT2D eigenvalue weighted by molar-refractivity contribution is -0.133. The first-order chi connectivity index (χ1) is 19.6. The number of benzodiazepines with no additional fused rings is 1. The highest BCUT2D eigenvalue weighted by Gasteiger charge is 2.40. The van der Waals surface area contributed by atoms with E-state index in [2.05, 4.69) is 20.3 Å². The first kappa shape index (κ1) is 27.9. The van der Waals surface area contributed by atoms with Crippen LogP contribution in [0.3, 0.4) is 0 Å². The maximum Gasteiger partial charge on any atom is 0.406 e. The molecule has 3 aromatic rings. The number of halogens is 3. The summed E-state index contributed by atoms with van der Waals surface area (Å²) in [5.74, 6) is -0.993. The number of fused-ring (bicyclic) bond motifs is 1. The van der Waals surface area contributed by atoms with Crippen LogP contribution in [0, 0.1) is 0 Å². The van der Waals surface area contributed by atoms with E-state index < -0.39 is 30.8 Å². The number of para-hydroxylation sites is 1. The molecule has 0 saturated carbocycles. The molecule has 5 rings (SSSR count). The molecular weight excluding hydrogens is 539 g/mol. The summed E-state index contributed by atoms with van der Waals surface area (Å²) in [6.45, 7) is -0.990. The quantitative estimate of drug-likeness (QED) is 0.461. The van der Waals surface area contributed by atoms with Gasteiger partial charge in [0.05, 0.1) is 17.1 Å². The zero-order chi connectivity index (χ0) is 29.1. The third-order valence-corrected chi connectivity index (χ3v) is 7.03. The van der Waals surface area contributed by atoms with Crippen LogP contribution in [0.5, 0.6) is 0 Å². The fourth-order valence-electron chi connectivity index (χ4n) is 5.15. The minimum absolute atomic E-state index is 0.0550. The van der Waals surface area contributed by atoms with Gasteiger partial charge >= 0.3 is 17.9 Å². The van der Waals surface area contributed by atoms with Crippen LogP contribution < -0.4 is 15.9 Å². The number of hydrogen-bond donors (Lipinski definition) is 2. The molecular formula is C28H28F3N7O3. The highest BCUT2D eigenvalue weighted by molar-refractivity contribution is 6.20. The molecule has 10 nitrogen and oxygen atoms in total. The molecule has 2 aliphatic rings. The fraction of sp³-hybridized carbons (Fsp3) is 0.321. The lowest BCUT2D eigenvalue weighted by Gasteiger charge is -2.33. The smallest absolute Gasteiger partial charge is 0.325 e. The van der Waals surface area contributed by atoms with Gasteiger partial charge in [0.2, 0.25) is 6.17 Å². The summed E-state index contributed by atoms with van der Waals surface area (Å²) in [5, 5.41) is 2.56. The maximum absolute atomic E-state index is 13.6. The van der Waals surface area contributed by atoms with Gasteiger partial charge in [-0.2, -0.15) is 13.2 Å². The minimum atomic E-state index is -4.68. The molecule has 1 fully saturated rings. The predicted molar refractivity (Wildman–Crippen MR) is 148 cm³/mol. The number of rotatable bonds is 5. The maximum atomic E-state index is 13.6. The van der Waals surface area contributed by atoms with Gasteiger partial charge in [-0.15, -0.1) is 0 Å². The van der Waals surface area contributed by atoms with Crippen LogP contribution in [0.15, 0.2) is 75.6 Å². The average molecular weight is 568 g/mol. The first-order valence-corrected chi connectivity index (χ1v) is 13.0. The number of piperidine rings is 1. The van der Waals surface area contributed by atoms with Crippen molar-refractivity contribution in [3.05, 3.63) is 88.1 Å². The van der Waals surface area contributed by atoms with E-state index in [0.29, 0.717) is 40.3 Å². The van der Waals surface area contributed by atoms with E-state index >= 15 is 0 Å². The average Bonchev–Trinajstić information content (AvgIpc) is 3.28. The van der Waals surface area contributed by atoms with Gasteiger partial charge in [0.25, 0.3) is 5.91 Å². The molecule has 3 heterocycles. The predicted octanol–water partition coefficient (Wildman–Crippen LogP) is 3.34. The molecule has 1 aromatic heterocycles. The molecule has 2 N–H and O–H groups in total. The number of carbonyl (C=O) groups excluding carboxylic acids is 2. The molecule has 0 radical (unpaired) electrons. The zero-order valence-corrected chi connectivity index (χ0v) is 22.1. The first-order valence-electron chi connectivity index (χ1n) is 13.0. The van der Waals surface area contributed by atoms with Crippen molar-refractivity contribution in [3.63, 3.8) is 0 Å². The van der Waals surface area contributed by atoms with Crippen LogP contribution in [0.4, 0.5) is 23.7 Å². The zero-order valence-electron chi connectivity index (χ0n) is 22.1. The molecule has 0 aliphatic carbocycles. The van der Waals surface area contributed by atoms with E-state index in [4.69, 9.17) is 0 Å². The summed E-state index contributed by atoms with van der Waals surface area (Å²) in [5.41, 5.74) is 1.57. The Morgan fingerprint density at radius 2 is 1.78 bits per heavy atom. The van der Waals surface area contributed by atoms with E-state index in [0.717, 1.165) is 0 Å². The van der Waals surface area contributed by atoms with Gasteiger partial charge in [0, 0.05) is 49.7 Å². The van der Waals surface area contributed by atoms with Crippen molar-refractivity contribution >= 4 is 29.6 Å². The summed E-state index contributed by atoms with van der Waals surface area (Å²) in [4.78, 5) is 52.4. The van der Waals surface area contributed by atoms with E-state index in [9.17, 15) is 27.6 Å². The Morgan fingerprint density at radius 1 is 1.10 bits per heavy atom. The third-order valence-electron chi connectivity index (χ3n) is 7.03. The standard InChI is InChI=1S/C28H28F3N7O3/c1-32-15-19-16-37(27(41)33-19)20-11-13-36(14-12-20)26(40)35-24-25(39)38(17-28(29,30)31)22-10-6-5-9-21(22)23(34-24)18-7-3-2-4-8-18/h2-10,15-16,20,24H,11-14,17H2,1H3,(H,33,41)(H,35,40)/t24-/m0/s1. The molecule has 214 valence electrons. The van der Waals surface area contributed by atoms with E-state index in [-0.39, 0.29) is 30.5 Å². The van der Waals surface area contributed by atoms with E-state index in [1.807, 2.05) is 0 Å². The second kappa shape index (κ2) is 11.4.